The molecule has 0 aliphatic rings. The Morgan fingerprint density at radius 2 is 2.00 bits per heavy atom. The highest BCUT2D eigenvalue weighted by Gasteiger charge is 2.32. The number of hydrogen-bond acceptors (Lipinski definition) is 2. The largest absolute Gasteiger partial charge is 0.416 e. The van der Waals surface area contributed by atoms with E-state index in [2.05, 4.69) is 10.9 Å². The summed E-state index contributed by atoms with van der Waals surface area (Å²) in [6.45, 7) is 1.74. The molecule has 0 atom stereocenters. The van der Waals surface area contributed by atoms with Gasteiger partial charge >= 0.3 is 6.18 Å². The molecule has 0 fully saturated rings. The van der Waals surface area contributed by atoms with Gasteiger partial charge in [-0.15, -0.1) is 6.42 Å². The smallest absolute Gasteiger partial charge is 0.383 e. The molecule has 2 rings (SSSR count). The van der Waals surface area contributed by atoms with E-state index in [-0.39, 0.29) is 23.6 Å². The zero-order valence-corrected chi connectivity index (χ0v) is 11.0. The summed E-state index contributed by atoms with van der Waals surface area (Å²) in [5.74, 6) is 1.90. The van der Waals surface area contributed by atoms with Crippen LogP contribution in [-0.4, -0.2) is 9.55 Å². The third-order valence-corrected chi connectivity index (χ3v) is 2.95. The number of anilines is 1. The number of aryl methyl sites for hydroxylation is 1. The minimum absolute atomic E-state index is 0.0429. The highest BCUT2D eigenvalue weighted by Crippen LogP contribution is 2.34. The fourth-order valence-electron chi connectivity index (χ4n) is 1.97. The number of imidazole rings is 1. The number of nitrogens with two attached hydrogens (primary N) is 1. The summed E-state index contributed by atoms with van der Waals surface area (Å²) in [5, 5.41) is 0. The molecule has 1 aromatic heterocycles. The quantitative estimate of drug-likeness (QED) is 0.683. The molecule has 0 aliphatic carbocycles. The molecule has 21 heavy (non-hydrogen) atoms. The molecule has 1 aromatic carbocycles. The topological polar surface area (TPSA) is 43.8 Å². The van der Waals surface area contributed by atoms with E-state index in [9.17, 15) is 17.6 Å². The highest BCUT2D eigenvalue weighted by molar-refractivity contribution is 5.71. The lowest BCUT2D eigenvalue weighted by Crippen LogP contribution is -2.06. The summed E-state index contributed by atoms with van der Waals surface area (Å²) in [7, 11) is 0. The first-order valence-electron chi connectivity index (χ1n) is 5.88. The van der Waals surface area contributed by atoms with Crippen molar-refractivity contribution in [1.82, 2.24) is 9.55 Å². The molecule has 1 heterocycles. The molecule has 3 nitrogen and oxygen atoms in total. The van der Waals surface area contributed by atoms with Crippen molar-refractivity contribution in [2.75, 3.05) is 5.73 Å². The summed E-state index contributed by atoms with van der Waals surface area (Å²) >= 11 is 0. The fraction of sp³-hybridized carbons (Fsp3) is 0.214. The molecule has 0 saturated heterocycles. The number of rotatable bonds is 2. The van der Waals surface area contributed by atoms with E-state index in [4.69, 9.17) is 12.2 Å². The van der Waals surface area contributed by atoms with Crippen molar-refractivity contribution >= 4 is 5.82 Å². The molecule has 0 unspecified atom stereocenters. The molecule has 0 aliphatic heterocycles. The predicted molar refractivity (Wildman–Crippen MR) is 70.6 cm³/mol. The van der Waals surface area contributed by atoms with Crippen molar-refractivity contribution in [1.29, 1.82) is 0 Å². The molecule has 0 saturated carbocycles. The Bertz CT molecular complexity index is 723. The third kappa shape index (κ3) is 2.84. The SMILES string of the molecule is C#CCn1c(C)nc(-c2cc(F)cc(C(F)(F)F)c2)c1N. The van der Waals surface area contributed by atoms with Crippen LogP contribution in [0.1, 0.15) is 11.4 Å². The maximum Gasteiger partial charge on any atom is 0.416 e. The number of nitrogens with zero attached hydrogens (tertiary/aromatic N) is 2. The first kappa shape index (κ1) is 14.9. The van der Waals surface area contributed by atoms with E-state index in [0.717, 1.165) is 12.1 Å². The van der Waals surface area contributed by atoms with Crippen LogP contribution in [0, 0.1) is 25.1 Å². The van der Waals surface area contributed by atoms with Crippen LogP contribution in [0.3, 0.4) is 0 Å². The molecule has 2 N–H and O–H groups in total. The fourth-order valence-corrected chi connectivity index (χ4v) is 1.97. The maximum atomic E-state index is 13.4. The van der Waals surface area contributed by atoms with Crippen LogP contribution in [0.5, 0.6) is 0 Å². The van der Waals surface area contributed by atoms with E-state index >= 15 is 0 Å². The zero-order valence-electron chi connectivity index (χ0n) is 11.0. The van der Waals surface area contributed by atoms with Crippen LogP contribution < -0.4 is 5.73 Å². The second-order valence-electron chi connectivity index (χ2n) is 4.41. The average molecular weight is 297 g/mol. The number of alkyl halides is 3. The van der Waals surface area contributed by atoms with E-state index < -0.39 is 17.6 Å². The molecule has 7 heteroatoms. The summed E-state index contributed by atoms with van der Waals surface area (Å²) < 4.78 is 53.0. The minimum Gasteiger partial charge on any atom is -0.383 e. The Balaban J connectivity index is 2.61. The Morgan fingerprint density at radius 1 is 1.33 bits per heavy atom. The number of hydrogen-bond donors (Lipinski definition) is 1. The van der Waals surface area contributed by atoms with Gasteiger partial charge in [-0.3, -0.25) is 0 Å². The Kier molecular flexibility index (Phi) is 3.64. The van der Waals surface area contributed by atoms with Gasteiger partial charge in [-0.05, 0) is 25.1 Å². The second-order valence-corrected chi connectivity index (χ2v) is 4.41. The molecular weight excluding hydrogens is 286 g/mol. The maximum absolute atomic E-state index is 13.4. The van der Waals surface area contributed by atoms with Crippen molar-refractivity contribution in [2.24, 2.45) is 0 Å². The van der Waals surface area contributed by atoms with Crippen LogP contribution in [0.2, 0.25) is 0 Å². The van der Waals surface area contributed by atoms with Crippen LogP contribution in [-0.2, 0) is 12.7 Å². The molecule has 2 aromatic rings. The molecule has 0 amide bonds. The predicted octanol–water partition coefficient (Wildman–Crippen LogP) is 3.23. The Morgan fingerprint density at radius 3 is 2.57 bits per heavy atom. The normalized spacial score (nSPS) is 11.4. The van der Waals surface area contributed by atoms with Gasteiger partial charge in [0.2, 0.25) is 0 Å². The number of terminal acetylenes is 1. The van der Waals surface area contributed by atoms with Crippen LogP contribution in [0.4, 0.5) is 23.4 Å². The summed E-state index contributed by atoms with van der Waals surface area (Å²) in [6.07, 6.45) is 0.538. The van der Waals surface area contributed by atoms with Gasteiger partial charge in [0, 0.05) is 5.56 Å². The molecule has 0 spiro atoms. The first-order chi connectivity index (χ1) is 9.74. The van der Waals surface area contributed by atoms with E-state index in [0.29, 0.717) is 11.9 Å². The van der Waals surface area contributed by atoms with Crippen molar-refractivity contribution in [2.45, 2.75) is 19.6 Å². The van der Waals surface area contributed by atoms with Gasteiger partial charge in [0.1, 0.15) is 23.2 Å². The van der Waals surface area contributed by atoms with Gasteiger partial charge in [0.25, 0.3) is 0 Å². The summed E-state index contributed by atoms with van der Waals surface area (Å²) in [6, 6.07) is 2.18. The van der Waals surface area contributed by atoms with Gasteiger partial charge in [0.15, 0.2) is 0 Å². The van der Waals surface area contributed by atoms with Crippen molar-refractivity contribution in [3.8, 4) is 23.6 Å². The summed E-state index contributed by atoms with van der Waals surface area (Å²) in [5.41, 5.74) is 4.77. The lowest BCUT2D eigenvalue weighted by molar-refractivity contribution is -0.137. The van der Waals surface area contributed by atoms with Gasteiger partial charge in [-0.2, -0.15) is 13.2 Å². The molecule has 0 bridgehead atoms. The van der Waals surface area contributed by atoms with E-state index in [1.165, 1.54) is 4.57 Å². The van der Waals surface area contributed by atoms with Gasteiger partial charge in [-0.25, -0.2) is 9.37 Å². The molecular formula is C14H11F4N3. The molecule has 0 radical (unpaired) electrons. The first-order valence-corrected chi connectivity index (χ1v) is 5.88. The second kappa shape index (κ2) is 5.13. The van der Waals surface area contributed by atoms with Crippen molar-refractivity contribution in [3.63, 3.8) is 0 Å². The number of aromatic nitrogens is 2. The third-order valence-electron chi connectivity index (χ3n) is 2.95. The van der Waals surface area contributed by atoms with Crippen LogP contribution in [0.25, 0.3) is 11.3 Å². The highest BCUT2D eigenvalue weighted by atomic mass is 19.4. The summed E-state index contributed by atoms with van der Waals surface area (Å²) in [4.78, 5) is 4.07. The zero-order chi connectivity index (χ0) is 15.8. The van der Waals surface area contributed by atoms with Gasteiger partial charge in [0.05, 0.1) is 12.1 Å². The van der Waals surface area contributed by atoms with Crippen molar-refractivity contribution in [3.05, 3.63) is 35.4 Å². The molecule has 110 valence electrons. The average Bonchev–Trinajstić information content (AvgIpc) is 2.65. The standard InChI is InChI=1S/C14H11F4N3/c1-3-4-21-8(2)20-12(13(21)19)9-5-10(14(16,17)18)7-11(15)6-9/h1,5-7H,4,19H2,2H3. The minimum atomic E-state index is -4.65. The number of benzene rings is 1. The van der Waals surface area contributed by atoms with Gasteiger partial charge < -0.3 is 10.3 Å². The Hall–Kier alpha value is -2.49. The van der Waals surface area contributed by atoms with Gasteiger partial charge in [-0.1, -0.05) is 5.92 Å². The monoisotopic (exact) mass is 297 g/mol. The lowest BCUT2D eigenvalue weighted by Gasteiger charge is -2.09. The Labute approximate surface area is 118 Å². The number of halogens is 4. The van der Waals surface area contributed by atoms with Crippen LogP contribution >= 0.6 is 0 Å². The van der Waals surface area contributed by atoms with Crippen molar-refractivity contribution < 1.29 is 17.6 Å². The van der Waals surface area contributed by atoms with E-state index in [1.807, 2.05) is 0 Å². The van der Waals surface area contributed by atoms with E-state index in [1.54, 1.807) is 6.92 Å². The van der Waals surface area contributed by atoms with Crippen LogP contribution in [0.15, 0.2) is 18.2 Å². The lowest BCUT2D eigenvalue weighted by atomic mass is 10.1. The number of nitrogen functional groups attached to an aromatic ring is 1.